The van der Waals surface area contributed by atoms with Gasteiger partial charge in [-0.15, -0.1) is 5.10 Å². The molecule has 0 aliphatic carbocycles. The molecule has 2 aromatic rings. The Morgan fingerprint density at radius 2 is 2.19 bits per heavy atom. The van der Waals surface area contributed by atoms with Gasteiger partial charge >= 0.3 is 0 Å². The lowest BCUT2D eigenvalue weighted by Crippen LogP contribution is -2.46. The number of hydrogen-bond donors (Lipinski definition) is 0. The average Bonchev–Trinajstić information content (AvgIpc) is 3.39. The van der Waals surface area contributed by atoms with Gasteiger partial charge in [0.1, 0.15) is 11.3 Å². The molecule has 4 heterocycles. The summed E-state index contributed by atoms with van der Waals surface area (Å²) in [6.45, 7) is 4.05. The van der Waals surface area contributed by atoms with E-state index >= 15 is 0 Å². The van der Waals surface area contributed by atoms with Crippen LogP contribution in [0.25, 0.3) is 11.5 Å². The molecule has 7 nitrogen and oxygen atoms in total. The Balaban J connectivity index is 1.72. The fourth-order valence-corrected chi connectivity index (χ4v) is 3.85. The van der Waals surface area contributed by atoms with Crippen LogP contribution < -0.4 is 0 Å². The highest BCUT2D eigenvalue weighted by Gasteiger charge is 2.60. The van der Waals surface area contributed by atoms with Crippen LogP contribution in [0.5, 0.6) is 0 Å². The highest BCUT2D eigenvalue weighted by Crippen LogP contribution is 2.53. The number of ether oxygens (including phenoxy) is 1. The minimum absolute atomic E-state index is 0.0620. The van der Waals surface area contributed by atoms with E-state index in [1.807, 2.05) is 19.1 Å². The quantitative estimate of drug-likeness (QED) is 0.605. The minimum Gasteiger partial charge on any atom is -0.463 e. The number of furan rings is 1. The Morgan fingerprint density at radius 1 is 1.35 bits per heavy atom. The summed E-state index contributed by atoms with van der Waals surface area (Å²) in [5, 5.41) is 8.55. The monoisotopic (exact) mass is 353 g/mol. The Labute approximate surface area is 150 Å². The van der Waals surface area contributed by atoms with E-state index in [2.05, 4.69) is 10.2 Å². The molecule has 2 amide bonds. The van der Waals surface area contributed by atoms with E-state index in [9.17, 15) is 9.59 Å². The minimum atomic E-state index is -0.994. The van der Waals surface area contributed by atoms with Crippen LogP contribution >= 0.6 is 0 Å². The second kappa shape index (κ2) is 6.17. The highest BCUT2D eigenvalue weighted by molar-refractivity contribution is 5.90. The molecule has 4 unspecified atom stereocenters. The average molecular weight is 353 g/mol. The largest absolute Gasteiger partial charge is 0.463 e. The van der Waals surface area contributed by atoms with Crippen molar-refractivity contribution in [2.24, 2.45) is 11.8 Å². The van der Waals surface area contributed by atoms with E-state index in [0.29, 0.717) is 30.1 Å². The number of imide groups is 1. The molecule has 0 radical (unpaired) electrons. The molecule has 0 spiro atoms. The number of hydrogen-bond acceptors (Lipinski definition) is 6. The lowest BCUT2D eigenvalue weighted by molar-refractivity contribution is -0.145. The smallest absolute Gasteiger partial charge is 0.236 e. The Kier molecular flexibility index (Phi) is 3.96. The topological polar surface area (TPSA) is 85.5 Å². The first-order valence-electron chi connectivity index (χ1n) is 8.61. The zero-order chi connectivity index (χ0) is 18.3. The van der Waals surface area contributed by atoms with Crippen molar-refractivity contribution in [2.45, 2.75) is 25.6 Å². The van der Waals surface area contributed by atoms with Crippen molar-refractivity contribution >= 4 is 12.3 Å². The lowest BCUT2D eigenvalue weighted by Gasteiger charge is -2.32. The van der Waals surface area contributed by atoms with Gasteiger partial charge in [-0.1, -0.05) is 13.0 Å². The van der Waals surface area contributed by atoms with E-state index in [-0.39, 0.29) is 17.9 Å². The van der Waals surface area contributed by atoms with E-state index < -0.39 is 11.5 Å². The fourth-order valence-electron chi connectivity index (χ4n) is 3.85. The van der Waals surface area contributed by atoms with Crippen LogP contribution in [-0.2, 0) is 19.9 Å². The molecule has 26 heavy (non-hydrogen) atoms. The van der Waals surface area contributed by atoms with Gasteiger partial charge in [-0.3, -0.25) is 14.5 Å². The number of rotatable bonds is 5. The van der Waals surface area contributed by atoms with E-state index in [4.69, 9.17) is 9.15 Å². The van der Waals surface area contributed by atoms with Crippen molar-refractivity contribution in [3.63, 3.8) is 0 Å². The number of fused-ring (bicyclic) bond motifs is 2. The van der Waals surface area contributed by atoms with Crippen LogP contribution in [0.2, 0.25) is 0 Å². The molecule has 7 heteroatoms. The summed E-state index contributed by atoms with van der Waals surface area (Å²) in [5.41, 5.74) is 0.161. The number of carbonyl (C=O) groups excluding carboxylic acids is 2. The Bertz CT molecular complexity index is 846. The number of aromatic nitrogens is 2. The molecular formula is C19H19N3O4. The molecule has 1 saturated heterocycles. The van der Waals surface area contributed by atoms with Crippen LogP contribution in [0.1, 0.15) is 19.5 Å². The van der Waals surface area contributed by atoms with E-state index in [0.717, 1.165) is 0 Å². The van der Waals surface area contributed by atoms with Crippen LogP contribution in [0.15, 0.2) is 47.1 Å². The molecule has 134 valence electrons. The summed E-state index contributed by atoms with van der Waals surface area (Å²) in [5.74, 6) is -0.217. The summed E-state index contributed by atoms with van der Waals surface area (Å²) in [6.07, 6.45) is 5.79. The van der Waals surface area contributed by atoms with Crippen molar-refractivity contribution < 1.29 is 18.7 Å². The SMILES string of the molecule is CCN(C=O)C(=O)C1C(C)C2C=CC1(c1ccc(-c3ccco3)nn1)O2. The van der Waals surface area contributed by atoms with E-state index in [1.165, 1.54) is 4.90 Å². The second-order valence-corrected chi connectivity index (χ2v) is 6.58. The van der Waals surface area contributed by atoms with Gasteiger partial charge in [-0.05, 0) is 37.3 Å². The molecular weight excluding hydrogens is 334 g/mol. The lowest BCUT2D eigenvalue weighted by atomic mass is 9.74. The summed E-state index contributed by atoms with van der Waals surface area (Å²) in [6, 6.07) is 7.18. The summed E-state index contributed by atoms with van der Waals surface area (Å²) >= 11 is 0. The third kappa shape index (κ3) is 2.31. The molecule has 2 aromatic heterocycles. The van der Waals surface area contributed by atoms with Gasteiger partial charge < -0.3 is 9.15 Å². The maximum Gasteiger partial charge on any atom is 0.236 e. The van der Waals surface area contributed by atoms with Gasteiger partial charge in [0.05, 0.1) is 24.0 Å². The Morgan fingerprint density at radius 3 is 2.81 bits per heavy atom. The third-order valence-corrected chi connectivity index (χ3v) is 5.23. The number of amides is 2. The van der Waals surface area contributed by atoms with Gasteiger partial charge in [0.15, 0.2) is 5.76 Å². The summed E-state index contributed by atoms with van der Waals surface area (Å²) in [4.78, 5) is 25.4. The molecule has 0 aromatic carbocycles. The third-order valence-electron chi connectivity index (χ3n) is 5.23. The first-order chi connectivity index (χ1) is 12.6. The maximum atomic E-state index is 13.0. The Hall–Kier alpha value is -2.80. The van der Waals surface area contributed by atoms with Crippen LogP contribution in [0, 0.1) is 11.8 Å². The van der Waals surface area contributed by atoms with Gasteiger partial charge in [-0.2, -0.15) is 5.10 Å². The molecule has 4 rings (SSSR count). The predicted octanol–water partition coefficient (Wildman–Crippen LogP) is 2.16. The highest BCUT2D eigenvalue weighted by atomic mass is 16.5. The normalized spacial score (nSPS) is 29.1. The van der Waals surface area contributed by atoms with Gasteiger partial charge in [0, 0.05) is 12.5 Å². The molecule has 1 fully saturated rings. The first kappa shape index (κ1) is 16.7. The molecule has 2 aliphatic heterocycles. The van der Waals surface area contributed by atoms with Crippen LogP contribution in [0.4, 0.5) is 0 Å². The van der Waals surface area contributed by atoms with Gasteiger partial charge in [0.2, 0.25) is 12.3 Å². The van der Waals surface area contributed by atoms with Crippen molar-refractivity contribution in [3.8, 4) is 11.5 Å². The summed E-state index contributed by atoms with van der Waals surface area (Å²) in [7, 11) is 0. The predicted molar refractivity (Wildman–Crippen MR) is 91.5 cm³/mol. The van der Waals surface area contributed by atoms with Crippen LogP contribution in [-0.4, -0.2) is 40.1 Å². The fraction of sp³-hybridized carbons (Fsp3) is 0.368. The zero-order valence-electron chi connectivity index (χ0n) is 14.5. The van der Waals surface area contributed by atoms with Crippen molar-refractivity contribution in [2.75, 3.05) is 6.54 Å². The molecule has 2 aliphatic rings. The number of carbonyl (C=O) groups is 2. The zero-order valence-corrected chi connectivity index (χ0v) is 14.5. The van der Waals surface area contributed by atoms with Crippen molar-refractivity contribution in [1.29, 1.82) is 0 Å². The standard InChI is InChI=1S/C19H19N3O4/c1-3-22(11-23)18(24)17-12(2)14-8-9-19(17,26-14)16-7-6-13(20-21-16)15-5-4-10-25-15/h4-12,14,17H,3H2,1-2H3. The maximum absolute atomic E-state index is 13.0. The molecule has 4 atom stereocenters. The van der Waals surface area contributed by atoms with Crippen LogP contribution in [0.3, 0.4) is 0 Å². The number of nitrogens with zero attached hydrogens (tertiary/aromatic N) is 3. The van der Waals surface area contributed by atoms with Crippen molar-refractivity contribution in [3.05, 3.63) is 48.4 Å². The molecule has 2 bridgehead atoms. The van der Waals surface area contributed by atoms with E-state index in [1.54, 1.807) is 37.5 Å². The molecule has 0 N–H and O–H groups in total. The first-order valence-corrected chi connectivity index (χ1v) is 8.61. The molecule has 0 saturated carbocycles. The van der Waals surface area contributed by atoms with Crippen molar-refractivity contribution in [1.82, 2.24) is 15.1 Å². The van der Waals surface area contributed by atoms with Gasteiger partial charge in [-0.25, -0.2) is 0 Å². The second-order valence-electron chi connectivity index (χ2n) is 6.58. The summed E-state index contributed by atoms with van der Waals surface area (Å²) < 4.78 is 11.5. The van der Waals surface area contributed by atoms with Gasteiger partial charge in [0.25, 0.3) is 0 Å².